The molecule has 0 aliphatic rings. The molecule has 108 valence electrons. The highest BCUT2D eigenvalue weighted by atomic mass is 16.4. The van der Waals surface area contributed by atoms with Crippen LogP contribution < -0.4 is 0 Å². The molecule has 21 heavy (non-hydrogen) atoms. The lowest BCUT2D eigenvalue weighted by Crippen LogP contribution is -2.07. The van der Waals surface area contributed by atoms with Crippen molar-refractivity contribution in [1.82, 2.24) is 24.3 Å². The fourth-order valence-corrected chi connectivity index (χ4v) is 2.35. The van der Waals surface area contributed by atoms with Crippen molar-refractivity contribution >= 4 is 17.0 Å². The van der Waals surface area contributed by atoms with Crippen LogP contribution in [0.4, 0.5) is 0 Å². The Morgan fingerprint density at radius 2 is 2.19 bits per heavy atom. The number of carbonyl (C=O) groups is 1. The van der Waals surface area contributed by atoms with Crippen LogP contribution in [-0.4, -0.2) is 35.4 Å². The molecule has 0 atom stereocenters. The van der Waals surface area contributed by atoms with Gasteiger partial charge < -0.3 is 9.67 Å². The monoisotopic (exact) mass is 285 g/mol. The molecular formula is C14H15N5O2. The number of rotatable bonds is 4. The summed E-state index contributed by atoms with van der Waals surface area (Å²) in [6, 6.07) is 4.95. The second kappa shape index (κ2) is 5.01. The van der Waals surface area contributed by atoms with Crippen molar-refractivity contribution in [3.63, 3.8) is 0 Å². The van der Waals surface area contributed by atoms with Gasteiger partial charge in [-0.3, -0.25) is 4.68 Å². The van der Waals surface area contributed by atoms with Crippen LogP contribution in [0.2, 0.25) is 0 Å². The van der Waals surface area contributed by atoms with E-state index < -0.39 is 5.97 Å². The quantitative estimate of drug-likeness (QED) is 0.784. The highest BCUT2D eigenvalue weighted by molar-refractivity contribution is 5.92. The third-order valence-electron chi connectivity index (χ3n) is 3.34. The first-order valence-corrected chi connectivity index (χ1v) is 6.65. The SMILES string of the molecule is CCc1nc2ccc(C(=O)O)cc2n1Cc1ncn(C)n1. The van der Waals surface area contributed by atoms with Crippen molar-refractivity contribution in [2.75, 3.05) is 0 Å². The van der Waals surface area contributed by atoms with Crippen molar-refractivity contribution in [2.45, 2.75) is 19.9 Å². The third-order valence-corrected chi connectivity index (χ3v) is 3.34. The molecule has 0 aliphatic heterocycles. The maximum absolute atomic E-state index is 11.1. The Labute approximate surface area is 120 Å². The lowest BCUT2D eigenvalue weighted by Gasteiger charge is -2.05. The zero-order valence-electron chi connectivity index (χ0n) is 11.8. The van der Waals surface area contributed by atoms with Gasteiger partial charge in [-0.15, -0.1) is 0 Å². The summed E-state index contributed by atoms with van der Waals surface area (Å²) in [6.45, 7) is 2.49. The van der Waals surface area contributed by atoms with Gasteiger partial charge in [-0.2, -0.15) is 5.10 Å². The van der Waals surface area contributed by atoms with Crippen LogP contribution in [0.5, 0.6) is 0 Å². The molecule has 0 amide bonds. The second-order valence-corrected chi connectivity index (χ2v) is 4.81. The zero-order chi connectivity index (χ0) is 15.0. The number of fused-ring (bicyclic) bond motifs is 1. The van der Waals surface area contributed by atoms with Gasteiger partial charge in [0, 0.05) is 13.5 Å². The van der Waals surface area contributed by atoms with Crippen LogP contribution >= 0.6 is 0 Å². The van der Waals surface area contributed by atoms with E-state index in [4.69, 9.17) is 5.11 Å². The van der Waals surface area contributed by atoms with E-state index in [9.17, 15) is 4.79 Å². The minimum Gasteiger partial charge on any atom is -0.478 e. The van der Waals surface area contributed by atoms with Gasteiger partial charge in [-0.25, -0.2) is 14.8 Å². The average molecular weight is 285 g/mol. The molecular weight excluding hydrogens is 270 g/mol. The number of nitrogens with zero attached hydrogens (tertiary/aromatic N) is 5. The van der Waals surface area contributed by atoms with E-state index in [-0.39, 0.29) is 5.56 Å². The summed E-state index contributed by atoms with van der Waals surface area (Å²) in [6.07, 6.45) is 2.40. The maximum Gasteiger partial charge on any atom is 0.335 e. The summed E-state index contributed by atoms with van der Waals surface area (Å²) in [5.74, 6) is 0.617. The summed E-state index contributed by atoms with van der Waals surface area (Å²) in [7, 11) is 1.81. The minimum atomic E-state index is -0.946. The topological polar surface area (TPSA) is 85.8 Å². The number of carboxylic acid groups (broad SMARTS) is 1. The fourth-order valence-electron chi connectivity index (χ4n) is 2.35. The highest BCUT2D eigenvalue weighted by Crippen LogP contribution is 2.19. The number of aryl methyl sites for hydroxylation is 2. The number of benzene rings is 1. The fraction of sp³-hybridized carbons (Fsp3) is 0.286. The van der Waals surface area contributed by atoms with Gasteiger partial charge in [-0.1, -0.05) is 6.92 Å². The molecule has 7 heteroatoms. The van der Waals surface area contributed by atoms with Gasteiger partial charge in [0.25, 0.3) is 0 Å². The van der Waals surface area contributed by atoms with Gasteiger partial charge in [0.05, 0.1) is 23.1 Å². The van der Waals surface area contributed by atoms with E-state index in [0.717, 1.165) is 23.3 Å². The number of imidazole rings is 1. The molecule has 0 saturated carbocycles. The molecule has 0 radical (unpaired) electrons. The number of hydrogen-bond acceptors (Lipinski definition) is 4. The Kier molecular flexibility index (Phi) is 3.17. The van der Waals surface area contributed by atoms with Crippen molar-refractivity contribution < 1.29 is 9.90 Å². The first-order chi connectivity index (χ1) is 10.1. The first kappa shape index (κ1) is 13.3. The lowest BCUT2D eigenvalue weighted by atomic mass is 10.2. The van der Waals surface area contributed by atoms with Crippen LogP contribution in [0.1, 0.15) is 28.9 Å². The van der Waals surface area contributed by atoms with Crippen molar-refractivity contribution in [3.8, 4) is 0 Å². The highest BCUT2D eigenvalue weighted by Gasteiger charge is 2.14. The van der Waals surface area contributed by atoms with E-state index >= 15 is 0 Å². The normalized spacial score (nSPS) is 11.1. The first-order valence-electron chi connectivity index (χ1n) is 6.65. The largest absolute Gasteiger partial charge is 0.478 e. The lowest BCUT2D eigenvalue weighted by molar-refractivity contribution is 0.0697. The number of aromatic carboxylic acids is 1. The molecule has 2 heterocycles. The van der Waals surface area contributed by atoms with E-state index in [2.05, 4.69) is 15.1 Å². The van der Waals surface area contributed by atoms with E-state index in [0.29, 0.717) is 12.4 Å². The van der Waals surface area contributed by atoms with Crippen molar-refractivity contribution in [3.05, 3.63) is 41.7 Å². The molecule has 0 spiro atoms. The Hall–Kier alpha value is -2.70. The molecule has 1 aromatic carbocycles. The molecule has 0 saturated heterocycles. The smallest absolute Gasteiger partial charge is 0.335 e. The summed E-state index contributed by atoms with van der Waals surface area (Å²) < 4.78 is 3.61. The average Bonchev–Trinajstić information content (AvgIpc) is 3.02. The molecule has 0 aliphatic carbocycles. The van der Waals surface area contributed by atoms with Gasteiger partial charge in [0.1, 0.15) is 12.2 Å². The molecule has 0 bridgehead atoms. The third kappa shape index (κ3) is 2.37. The predicted molar refractivity (Wildman–Crippen MR) is 76.2 cm³/mol. The Morgan fingerprint density at radius 1 is 1.38 bits per heavy atom. The Morgan fingerprint density at radius 3 is 2.81 bits per heavy atom. The standard InChI is InChI=1S/C14H15N5O2/c1-3-13-16-10-5-4-9(14(20)21)6-11(10)19(13)7-12-15-8-18(2)17-12/h4-6,8H,3,7H2,1-2H3,(H,20,21). The Bertz CT molecular complexity index is 818. The summed E-state index contributed by atoms with van der Waals surface area (Å²) >= 11 is 0. The van der Waals surface area contributed by atoms with Crippen molar-refractivity contribution in [1.29, 1.82) is 0 Å². The van der Waals surface area contributed by atoms with Crippen LogP contribution in [-0.2, 0) is 20.0 Å². The van der Waals surface area contributed by atoms with Crippen molar-refractivity contribution in [2.24, 2.45) is 7.05 Å². The van der Waals surface area contributed by atoms with Crippen LogP contribution in [0.25, 0.3) is 11.0 Å². The zero-order valence-corrected chi connectivity index (χ0v) is 11.8. The molecule has 2 aromatic heterocycles. The second-order valence-electron chi connectivity index (χ2n) is 4.81. The Balaban J connectivity index is 2.13. The maximum atomic E-state index is 11.1. The summed E-state index contributed by atoms with van der Waals surface area (Å²) in [5, 5.41) is 13.4. The summed E-state index contributed by atoms with van der Waals surface area (Å²) in [4.78, 5) is 19.9. The number of carboxylic acids is 1. The van der Waals surface area contributed by atoms with Crippen LogP contribution in [0.3, 0.4) is 0 Å². The molecule has 0 fully saturated rings. The van der Waals surface area contributed by atoms with E-state index in [1.165, 1.54) is 0 Å². The van der Waals surface area contributed by atoms with Crippen LogP contribution in [0, 0.1) is 0 Å². The van der Waals surface area contributed by atoms with Gasteiger partial charge in [0.2, 0.25) is 0 Å². The van der Waals surface area contributed by atoms with Gasteiger partial charge in [-0.05, 0) is 18.2 Å². The number of aromatic nitrogens is 5. The molecule has 3 rings (SSSR count). The molecule has 7 nitrogen and oxygen atoms in total. The molecule has 0 unspecified atom stereocenters. The van der Waals surface area contributed by atoms with E-state index in [1.807, 2.05) is 18.5 Å². The summed E-state index contributed by atoms with van der Waals surface area (Å²) in [5.41, 5.74) is 1.83. The number of hydrogen-bond donors (Lipinski definition) is 1. The molecule has 3 aromatic rings. The minimum absolute atomic E-state index is 0.250. The van der Waals surface area contributed by atoms with Gasteiger partial charge >= 0.3 is 5.97 Å². The predicted octanol–water partition coefficient (Wildman–Crippen LogP) is 1.47. The van der Waals surface area contributed by atoms with Crippen LogP contribution in [0.15, 0.2) is 24.5 Å². The van der Waals surface area contributed by atoms with E-state index in [1.54, 1.807) is 29.2 Å². The molecule has 1 N–H and O–H groups in total. The van der Waals surface area contributed by atoms with Gasteiger partial charge in [0.15, 0.2) is 5.82 Å².